The van der Waals surface area contributed by atoms with Gasteiger partial charge in [0.05, 0.1) is 24.2 Å². The fourth-order valence-corrected chi connectivity index (χ4v) is 4.57. The molecule has 1 amide bonds. The second-order valence-corrected chi connectivity index (χ2v) is 9.34. The number of morpholine rings is 1. The van der Waals surface area contributed by atoms with Crippen LogP contribution in [0.25, 0.3) is 0 Å². The van der Waals surface area contributed by atoms with E-state index in [1.165, 1.54) is 0 Å². The van der Waals surface area contributed by atoms with Crippen molar-refractivity contribution >= 4 is 40.3 Å². The Balaban J connectivity index is 1.35. The van der Waals surface area contributed by atoms with Gasteiger partial charge in [-0.05, 0) is 62.5 Å². The molecule has 0 aliphatic carbocycles. The maximum atomic E-state index is 12.6. The number of nitrogens with one attached hydrogen (secondary N) is 1. The predicted molar refractivity (Wildman–Crippen MR) is 142 cm³/mol. The zero-order valence-electron chi connectivity index (χ0n) is 20.5. The first-order valence-electron chi connectivity index (χ1n) is 12.0. The zero-order chi connectivity index (χ0) is 25.7. The molecule has 1 N–H and O–H groups in total. The Morgan fingerprint density at radius 3 is 2.31 bits per heavy atom. The molecule has 2 fully saturated rings. The van der Waals surface area contributed by atoms with Crippen molar-refractivity contribution in [2.24, 2.45) is 0 Å². The van der Waals surface area contributed by atoms with Crippen LogP contribution < -0.4 is 19.9 Å². The lowest BCUT2D eigenvalue weighted by molar-refractivity contribution is -0.384. The number of piperazine rings is 1. The number of nitro groups is 1. The lowest BCUT2D eigenvalue weighted by atomic mass is 10.1. The highest BCUT2D eigenvalue weighted by atomic mass is 32.1. The standard InChI is InChI=1S/C25H31N5O5S/c1-18(2)35-21-6-3-19(4-7-21)24(31)26-25(36)29-11-9-27(10-12-29)20-5-8-22(30(32)33)23(17-20)28-13-15-34-16-14-28/h3-8,17-18H,9-16H2,1-2H3,(H,26,31,36). The number of hydrogen-bond acceptors (Lipinski definition) is 8. The van der Waals surface area contributed by atoms with Crippen molar-refractivity contribution in [3.63, 3.8) is 0 Å². The molecule has 2 aromatic rings. The van der Waals surface area contributed by atoms with Crippen molar-refractivity contribution < 1.29 is 19.2 Å². The second-order valence-electron chi connectivity index (χ2n) is 8.95. The predicted octanol–water partition coefficient (Wildman–Crippen LogP) is 3.06. The summed E-state index contributed by atoms with van der Waals surface area (Å²) >= 11 is 5.50. The lowest BCUT2D eigenvalue weighted by Crippen LogP contribution is -2.52. The van der Waals surface area contributed by atoms with Gasteiger partial charge in [-0.25, -0.2) is 0 Å². The maximum Gasteiger partial charge on any atom is 0.292 e. The van der Waals surface area contributed by atoms with Crippen LogP contribution in [-0.4, -0.2) is 79.4 Å². The summed E-state index contributed by atoms with van der Waals surface area (Å²) in [5.74, 6) is 0.451. The van der Waals surface area contributed by atoms with Crippen molar-refractivity contribution in [2.75, 3.05) is 62.3 Å². The summed E-state index contributed by atoms with van der Waals surface area (Å²) in [6, 6.07) is 12.2. The number of benzene rings is 2. The minimum Gasteiger partial charge on any atom is -0.491 e. The van der Waals surface area contributed by atoms with E-state index in [4.69, 9.17) is 21.7 Å². The third-order valence-corrected chi connectivity index (χ3v) is 6.51. The summed E-state index contributed by atoms with van der Waals surface area (Å²) in [6.07, 6.45) is 0.0629. The quantitative estimate of drug-likeness (QED) is 0.355. The molecule has 0 unspecified atom stereocenters. The van der Waals surface area contributed by atoms with Gasteiger partial charge < -0.3 is 24.2 Å². The molecule has 2 aliphatic rings. The third-order valence-electron chi connectivity index (χ3n) is 6.15. The molecular weight excluding hydrogens is 482 g/mol. The number of carbonyl (C=O) groups is 1. The molecule has 192 valence electrons. The van der Waals surface area contributed by atoms with E-state index in [0.717, 1.165) is 5.69 Å². The summed E-state index contributed by atoms with van der Waals surface area (Å²) in [5.41, 5.74) is 2.16. The largest absolute Gasteiger partial charge is 0.491 e. The molecule has 10 nitrogen and oxygen atoms in total. The van der Waals surface area contributed by atoms with Crippen molar-refractivity contribution in [1.29, 1.82) is 0 Å². The van der Waals surface area contributed by atoms with Gasteiger partial charge in [0.2, 0.25) is 0 Å². The van der Waals surface area contributed by atoms with E-state index in [1.807, 2.05) is 29.7 Å². The highest BCUT2D eigenvalue weighted by molar-refractivity contribution is 7.80. The van der Waals surface area contributed by atoms with Crippen LogP contribution in [0.3, 0.4) is 0 Å². The van der Waals surface area contributed by atoms with Gasteiger partial charge in [0.1, 0.15) is 11.4 Å². The Morgan fingerprint density at radius 2 is 1.69 bits per heavy atom. The molecule has 2 aromatic carbocycles. The first-order valence-corrected chi connectivity index (χ1v) is 12.5. The fourth-order valence-electron chi connectivity index (χ4n) is 4.29. The molecule has 0 aromatic heterocycles. The highest BCUT2D eigenvalue weighted by Gasteiger charge is 2.25. The average Bonchev–Trinajstić information content (AvgIpc) is 2.89. The Hall–Kier alpha value is -3.44. The first-order chi connectivity index (χ1) is 17.3. The van der Waals surface area contributed by atoms with Crippen molar-refractivity contribution in [3.8, 4) is 5.75 Å². The average molecular weight is 514 g/mol. The number of rotatable bonds is 6. The molecule has 36 heavy (non-hydrogen) atoms. The highest BCUT2D eigenvalue weighted by Crippen LogP contribution is 2.33. The Morgan fingerprint density at radius 1 is 1.03 bits per heavy atom. The van der Waals surface area contributed by atoms with Crippen LogP contribution in [0.15, 0.2) is 42.5 Å². The van der Waals surface area contributed by atoms with E-state index in [9.17, 15) is 14.9 Å². The lowest BCUT2D eigenvalue weighted by Gasteiger charge is -2.37. The van der Waals surface area contributed by atoms with Crippen LogP contribution in [0.4, 0.5) is 17.1 Å². The van der Waals surface area contributed by atoms with Crippen LogP contribution in [0, 0.1) is 10.1 Å². The van der Waals surface area contributed by atoms with Crippen molar-refractivity contribution in [3.05, 3.63) is 58.1 Å². The Labute approximate surface area is 215 Å². The van der Waals surface area contributed by atoms with Crippen LogP contribution in [0.5, 0.6) is 5.75 Å². The number of amides is 1. The van der Waals surface area contributed by atoms with Crippen molar-refractivity contribution in [2.45, 2.75) is 20.0 Å². The number of nitro benzene ring substituents is 1. The van der Waals surface area contributed by atoms with Crippen LogP contribution >= 0.6 is 12.2 Å². The summed E-state index contributed by atoms with van der Waals surface area (Å²) in [4.78, 5) is 30.1. The van der Waals surface area contributed by atoms with Gasteiger partial charge in [-0.15, -0.1) is 0 Å². The number of thiocarbonyl (C=S) groups is 1. The van der Waals surface area contributed by atoms with Gasteiger partial charge in [-0.3, -0.25) is 20.2 Å². The van der Waals surface area contributed by atoms with Crippen LogP contribution in [0.2, 0.25) is 0 Å². The minimum atomic E-state index is -0.335. The zero-order valence-corrected chi connectivity index (χ0v) is 21.3. The van der Waals surface area contributed by atoms with E-state index in [1.54, 1.807) is 36.4 Å². The van der Waals surface area contributed by atoms with Crippen molar-refractivity contribution in [1.82, 2.24) is 10.2 Å². The van der Waals surface area contributed by atoms with Crippen LogP contribution in [-0.2, 0) is 4.74 Å². The smallest absolute Gasteiger partial charge is 0.292 e. The van der Waals surface area contributed by atoms with E-state index in [2.05, 4.69) is 10.2 Å². The molecule has 0 spiro atoms. The maximum absolute atomic E-state index is 12.6. The molecule has 0 bridgehead atoms. The molecule has 0 atom stereocenters. The summed E-state index contributed by atoms with van der Waals surface area (Å²) in [5, 5.41) is 14.8. The monoisotopic (exact) mass is 513 g/mol. The van der Waals surface area contributed by atoms with E-state index >= 15 is 0 Å². The normalized spacial score (nSPS) is 16.1. The topological polar surface area (TPSA) is 100 Å². The third kappa shape index (κ3) is 6.21. The van der Waals surface area contributed by atoms with Gasteiger partial charge in [0.25, 0.3) is 11.6 Å². The number of ether oxygens (including phenoxy) is 2. The van der Waals surface area contributed by atoms with Gasteiger partial charge in [0, 0.05) is 56.6 Å². The molecule has 2 heterocycles. The molecule has 2 saturated heterocycles. The van der Waals surface area contributed by atoms with Crippen LogP contribution in [0.1, 0.15) is 24.2 Å². The Kier molecular flexibility index (Phi) is 8.21. The number of hydrogen-bond donors (Lipinski definition) is 1. The number of carbonyl (C=O) groups excluding carboxylic acids is 1. The van der Waals surface area contributed by atoms with Gasteiger partial charge in [0.15, 0.2) is 5.11 Å². The van der Waals surface area contributed by atoms with Gasteiger partial charge >= 0.3 is 0 Å². The SMILES string of the molecule is CC(C)Oc1ccc(C(=O)NC(=S)N2CCN(c3ccc([N+](=O)[O-])c(N4CCOCC4)c3)CC2)cc1. The molecule has 0 radical (unpaired) electrons. The minimum absolute atomic E-state index is 0.0629. The van der Waals surface area contributed by atoms with E-state index in [0.29, 0.717) is 74.6 Å². The summed E-state index contributed by atoms with van der Waals surface area (Å²) in [7, 11) is 0. The summed E-state index contributed by atoms with van der Waals surface area (Å²) in [6.45, 7) is 8.87. The molecule has 2 aliphatic heterocycles. The second kappa shape index (κ2) is 11.5. The first kappa shape index (κ1) is 25.6. The van der Waals surface area contributed by atoms with Gasteiger partial charge in [-0.2, -0.15) is 0 Å². The summed E-state index contributed by atoms with van der Waals surface area (Å²) < 4.78 is 11.0. The molecule has 0 saturated carbocycles. The van der Waals surface area contributed by atoms with E-state index in [-0.39, 0.29) is 22.6 Å². The number of anilines is 2. The fraction of sp³-hybridized carbons (Fsp3) is 0.440. The molecule has 11 heteroatoms. The molecule has 4 rings (SSSR count). The Bertz CT molecular complexity index is 1100. The van der Waals surface area contributed by atoms with E-state index < -0.39 is 0 Å². The molecular formula is C25H31N5O5S. The van der Waals surface area contributed by atoms with Gasteiger partial charge in [-0.1, -0.05) is 0 Å². The number of nitrogens with zero attached hydrogens (tertiary/aromatic N) is 4.